The summed E-state index contributed by atoms with van der Waals surface area (Å²) < 4.78 is 13.7. The molecule has 2 rings (SSSR count). The van der Waals surface area contributed by atoms with Gasteiger partial charge in [-0.15, -0.1) is 0 Å². The van der Waals surface area contributed by atoms with Gasteiger partial charge < -0.3 is 15.2 Å². The van der Waals surface area contributed by atoms with Gasteiger partial charge in [0.15, 0.2) is 0 Å². The third-order valence-electron chi connectivity index (χ3n) is 2.92. The Hall–Kier alpha value is -3.14. The summed E-state index contributed by atoms with van der Waals surface area (Å²) in [7, 11) is 3.39. The molecule has 0 bridgehead atoms. The van der Waals surface area contributed by atoms with Crippen molar-refractivity contribution in [2.24, 2.45) is 0 Å². The normalized spacial score (nSPS) is 11.1. The van der Waals surface area contributed by atoms with Crippen LogP contribution in [0.15, 0.2) is 30.0 Å². The van der Waals surface area contributed by atoms with E-state index in [1.165, 1.54) is 24.4 Å². The van der Waals surface area contributed by atoms with Crippen molar-refractivity contribution >= 4 is 28.8 Å². The van der Waals surface area contributed by atoms with Gasteiger partial charge >= 0.3 is 0 Å². The maximum absolute atomic E-state index is 13.7. The predicted molar refractivity (Wildman–Crippen MR) is 79.7 cm³/mol. The van der Waals surface area contributed by atoms with Crippen LogP contribution < -0.4 is 5.32 Å². The molecular formula is C15H13FN4O2. The zero-order valence-corrected chi connectivity index (χ0v) is 12.0. The summed E-state index contributed by atoms with van der Waals surface area (Å²) in [4.78, 5) is 27.1. The number of fused-ring (bicyclic) bond motifs is 1. The Morgan fingerprint density at radius 2 is 2.14 bits per heavy atom. The smallest absolute Gasteiger partial charge is 0.221 e. The number of amides is 1. The van der Waals surface area contributed by atoms with Crippen molar-refractivity contribution in [2.45, 2.75) is 0 Å². The third-order valence-corrected chi connectivity index (χ3v) is 2.92. The Morgan fingerprint density at radius 3 is 2.73 bits per heavy atom. The second-order valence-corrected chi connectivity index (χ2v) is 4.81. The molecule has 0 spiro atoms. The van der Waals surface area contributed by atoms with Gasteiger partial charge in [-0.3, -0.25) is 9.59 Å². The fourth-order valence-corrected chi connectivity index (χ4v) is 1.99. The second kappa shape index (κ2) is 6.10. The number of H-pyrrole nitrogens is 1. The minimum Gasteiger partial charge on any atom is -0.382 e. The maximum atomic E-state index is 13.7. The molecule has 2 aromatic rings. The first-order valence-corrected chi connectivity index (χ1v) is 6.31. The van der Waals surface area contributed by atoms with Crippen molar-refractivity contribution in [1.29, 1.82) is 5.26 Å². The first-order valence-electron chi connectivity index (χ1n) is 6.31. The number of Topliss-reactive ketones (excluding diaryl/α,β-unsaturated/α-hetero) is 1. The lowest BCUT2D eigenvalue weighted by Crippen LogP contribution is -2.09. The first kappa shape index (κ1) is 15.3. The molecule has 7 heteroatoms. The SMILES string of the molecule is CN(C)/C=C(\C#N)C(=O)c1cc2cc(F)c(NC=O)cc2[nH]1. The summed E-state index contributed by atoms with van der Waals surface area (Å²) in [6, 6.07) is 5.89. The van der Waals surface area contributed by atoms with E-state index in [1.54, 1.807) is 19.0 Å². The molecule has 112 valence electrons. The van der Waals surface area contributed by atoms with Crippen molar-refractivity contribution < 1.29 is 14.0 Å². The molecule has 0 saturated heterocycles. The van der Waals surface area contributed by atoms with Crippen molar-refractivity contribution in [1.82, 2.24) is 9.88 Å². The monoisotopic (exact) mass is 300 g/mol. The fraction of sp³-hybridized carbons (Fsp3) is 0.133. The van der Waals surface area contributed by atoms with Crippen LogP contribution in [-0.2, 0) is 4.79 Å². The number of aromatic amines is 1. The highest BCUT2D eigenvalue weighted by Crippen LogP contribution is 2.24. The Balaban J connectivity index is 2.47. The highest BCUT2D eigenvalue weighted by atomic mass is 19.1. The Bertz CT molecular complexity index is 815. The van der Waals surface area contributed by atoms with Crippen LogP contribution in [0.4, 0.5) is 10.1 Å². The number of aromatic nitrogens is 1. The number of nitriles is 1. The fourth-order valence-electron chi connectivity index (χ4n) is 1.99. The minimum atomic E-state index is -0.609. The molecule has 1 amide bonds. The third kappa shape index (κ3) is 2.96. The topological polar surface area (TPSA) is 89.0 Å². The average Bonchev–Trinajstić information content (AvgIpc) is 2.87. The van der Waals surface area contributed by atoms with E-state index in [-0.39, 0.29) is 17.0 Å². The summed E-state index contributed by atoms with van der Waals surface area (Å²) in [6.07, 6.45) is 1.78. The van der Waals surface area contributed by atoms with Gasteiger partial charge in [0.2, 0.25) is 12.2 Å². The van der Waals surface area contributed by atoms with E-state index >= 15 is 0 Å². The molecular weight excluding hydrogens is 287 g/mol. The Kier molecular flexibility index (Phi) is 4.23. The van der Waals surface area contributed by atoms with Gasteiger partial charge in [0.1, 0.15) is 17.5 Å². The summed E-state index contributed by atoms with van der Waals surface area (Å²) in [5, 5.41) is 11.8. The number of hydrogen-bond acceptors (Lipinski definition) is 4. The van der Waals surface area contributed by atoms with Crippen LogP contribution in [0.3, 0.4) is 0 Å². The molecule has 2 N–H and O–H groups in total. The minimum absolute atomic E-state index is 0.00712. The van der Waals surface area contributed by atoms with Crippen LogP contribution in [0.1, 0.15) is 10.5 Å². The number of carbonyl (C=O) groups is 2. The number of halogens is 1. The molecule has 0 radical (unpaired) electrons. The van der Waals surface area contributed by atoms with Crippen LogP contribution in [0, 0.1) is 17.1 Å². The number of benzene rings is 1. The Morgan fingerprint density at radius 1 is 1.41 bits per heavy atom. The van der Waals surface area contributed by atoms with Crippen LogP contribution in [-0.4, -0.2) is 36.2 Å². The van der Waals surface area contributed by atoms with Crippen LogP contribution in [0.2, 0.25) is 0 Å². The van der Waals surface area contributed by atoms with Gasteiger partial charge in [-0.25, -0.2) is 4.39 Å². The average molecular weight is 300 g/mol. The van der Waals surface area contributed by atoms with Gasteiger partial charge in [0.25, 0.3) is 0 Å². The number of hydrogen-bond donors (Lipinski definition) is 2. The molecule has 0 aliphatic carbocycles. The molecule has 1 heterocycles. The predicted octanol–water partition coefficient (Wildman–Crippen LogP) is 2.03. The number of nitrogens with zero attached hydrogens (tertiary/aromatic N) is 2. The molecule has 6 nitrogen and oxygen atoms in total. The van der Waals surface area contributed by atoms with E-state index in [1.807, 2.05) is 6.07 Å². The van der Waals surface area contributed by atoms with Gasteiger partial charge in [0.05, 0.1) is 11.4 Å². The number of carbonyl (C=O) groups excluding carboxylic acids is 2. The van der Waals surface area contributed by atoms with Gasteiger partial charge in [-0.05, 0) is 18.2 Å². The molecule has 0 atom stereocenters. The maximum Gasteiger partial charge on any atom is 0.221 e. The highest BCUT2D eigenvalue weighted by Gasteiger charge is 2.16. The number of nitrogens with one attached hydrogen (secondary N) is 2. The van der Waals surface area contributed by atoms with E-state index in [0.717, 1.165) is 0 Å². The van der Waals surface area contributed by atoms with Crippen LogP contribution in [0.5, 0.6) is 0 Å². The molecule has 0 unspecified atom stereocenters. The largest absolute Gasteiger partial charge is 0.382 e. The summed E-state index contributed by atoms with van der Waals surface area (Å²) in [6.45, 7) is 0. The molecule has 0 fully saturated rings. The molecule has 0 aliphatic rings. The van der Waals surface area contributed by atoms with Crippen LogP contribution >= 0.6 is 0 Å². The summed E-state index contributed by atoms with van der Waals surface area (Å²) in [5.41, 5.74) is 0.625. The quantitative estimate of drug-likeness (QED) is 0.383. The standard InChI is InChI=1S/C15H13FN4O2/c1-20(2)7-10(6-17)15(22)14-4-9-3-11(16)13(18-8-21)5-12(9)19-14/h3-5,7-8,19H,1-2H3,(H,18,21)/b10-7+. The lowest BCUT2D eigenvalue weighted by Gasteiger charge is -2.04. The zero-order chi connectivity index (χ0) is 16.3. The van der Waals surface area contributed by atoms with E-state index in [2.05, 4.69) is 10.3 Å². The lowest BCUT2D eigenvalue weighted by molar-refractivity contribution is -0.105. The van der Waals surface area contributed by atoms with Gasteiger partial charge in [0, 0.05) is 31.2 Å². The first-order chi connectivity index (χ1) is 10.5. The van der Waals surface area contributed by atoms with Crippen molar-refractivity contribution in [3.8, 4) is 6.07 Å². The van der Waals surface area contributed by atoms with E-state index in [0.29, 0.717) is 17.3 Å². The van der Waals surface area contributed by atoms with Gasteiger partial charge in [-0.1, -0.05) is 0 Å². The number of anilines is 1. The van der Waals surface area contributed by atoms with E-state index in [9.17, 15) is 14.0 Å². The van der Waals surface area contributed by atoms with E-state index < -0.39 is 11.6 Å². The van der Waals surface area contributed by atoms with Crippen molar-refractivity contribution in [3.05, 3.63) is 41.5 Å². The van der Waals surface area contributed by atoms with Crippen LogP contribution in [0.25, 0.3) is 10.9 Å². The number of allylic oxidation sites excluding steroid dienone is 1. The van der Waals surface area contributed by atoms with Gasteiger partial charge in [-0.2, -0.15) is 5.26 Å². The molecule has 22 heavy (non-hydrogen) atoms. The zero-order valence-electron chi connectivity index (χ0n) is 12.0. The molecule has 0 aliphatic heterocycles. The second-order valence-electron chi connectivity index (χ2n) is 4.81. The molecule has 0 saturated carbocycles. The van der Waals surface area contributed by atoms with Crippen molar-refractivity contribution in [3.63, 3.8) is 0 Å². The molecule has 1 aromatic carbocycles. The number of ketones is 1. The number of rotatable bonds is 5. The summed E-state index contributed by atoms with van der Waals surface area (Å²) >= 11 is 0. The van der Waals surface area contributed by atoms with Crippen molar-refractivity contribution in [2.75, 3.05) is 19.4 Å². The summed E-state index contributed by atoms with van der Waals surface area (Å²) in [5.74, 6) is -1.10. The highest BCUT2D eigenvalue weighted by molar-refractivity contribution is 6.12. The lowest BCUT2D eigenvalue weighted by atomic mass is 10.1. The molecule has 1 aromatic heterocycles. The van der Waals surface area contributed by atoms with E-state index in [4.69, 9.17) is 5.26 Å². The Labute approximate surface area is 125 Å².